The number of aryl methyl sites for hydroxylation is 1. The van der Waals surface area contributed by atoms with Gasteiger partial charge in [0.2, 0.25) is 5.91 Å². The minimum Gasteiger partial charge on any atom is -0.370 e. The summed E-state index contributed by atoms with van der Waals surface area (Å²) in [5.41, 5.74) is 0.0895. The first-order chi connectivity index (χ1) is 16.7. The number of piperidine rings is 1. The zero-order valence-electron chi connectivity index (χ0n) is 19.0. The lowest BCUT2D eigenvalue weighted by Crippen LogP contribution is -2.43. The molecular formula is C25H25F3N4O3. The number of carbonyl (C=O) groups excluding carboxylic acids is 3. The van der Waals surface area contributed by atoms with Gasteiger partial charge in [-0.3, -0.25) is 14.5 Å². The predicted octanol–water partition coefficient (Wildman–Crippen LogP) is 4.03. The molecule has 3 aliphatic rings. The van der Waals surface area contributed by atoms with Crippen LogP contribution < -0.4 is 15.5 Å². The molecule has 2 aromatic carbocycles. The average molecular weight is 486 g/mol. The normalized spacial score (nSPS) is 21.9. The fourth-order valence-electron chi connectivity index (χ4n) is 5.29. The molecule has 0 saturated carbocycles. The number of benzene rings is 2. The van der Waals surface area contributed by atoms with Crippen LogP contribution in [0.3, 0.4) is 0 Å². The Morgan fingerprint density at radius 2 is 1.80 bits per heavy atom. The van der Waals surface area contributed by atoms with E-state index in [1.807, 2.05) is 17.0 Å². The molecule has 2 N–H and O–H groups in total. The summed E-state index contributed by atoms with van der Waals surface area (Å²) in [6.07, 6.45) is -0.725. The highest BCUT2D eigenvalue weighted by molar-refractivity contribution is 6.11. The molecule has 1 spiro atoms. The molecule has 2 saturated heterocycles. The SMILES string of the molecule is O=C(CN1C(=O)N[C@]2(CCc3ccccc32)C1=O)Nc1cc(C(F)(F)F)ccc1N1CCCCC1. The van der Waals surface area contributed by atoms with Gasteiger partial charge in [0.15, 0.2) is 0 Å². The van der Waals surface area contributed by atoms with Crippen molar-refractivity contribution in [3.63, 3.8) is 0 Å². The first-order valence-electron chi connectivity index (χ1n) is 11.7. The van der Waals surface area contributed by atoms with Crippen molar-refractivity contribution < 1.29 is 27.6 Å². The van der Waals surface area contributed by atoms with Crippen LogP contribution in [0.15, 0.2) is 42.5 Å². The van der Waals surface area contributed by atoms with E-state index in [2.05, 4.69) is 10.6 Å². The van der Waals surface area contributed by atoms with Crippen molar-refractivity contribution in [1.82, 2.24) is 10.2 Å². The van der Waals surface area contributed by atoms with Crippen LogP contribution in [0, 0.1) is 0 Å². The van der Waals surface area contributed by atoms with Crippen molar-refractivity contribution in [2.75, 3.05) is 29.9 Å². The van der Waals surface area contributed by atoms with E-state index in [0.717, 1.165) is 41.9 Å². The van der Waals surface area contributed by atoms with Gasteiger partial charge in [-0.05, 0) is 61.4 Å². The van der Waals surface area contributed by atoms with Gasteiger partial charge in [-0.1, -0.05) is 24.3 Å². The summed E-state index contributed by atoms with van der Waals surface area (Å²) >= 11 is 0. The van der Waals surface area contributed by atoms with Gasteiger partial charge in [-0.2, -0.15) is 13.2 Å². The van der Waals surface area contributed by atoms with Gasteiger partial charge in [0.05, 0.1) is 16.9 Å². The van der Waals surface area contributed by atoms with Crippen molar-refractivity contribution in [2.45, 2.75) is 43.8 Å². The van der Waals surface area contributed by atoms with E-state index in [0.29, 0.717) is 37.2 Å². The van der Waals surface area contributed by atoms with Crippen LogP contribution in [0.2, 0.25) is 0 Å². The van der Waals surface area contributed by atoms with Crippen LogP contribution in [0.25, 0.3) is 0 Å². The first-order valence-corrected chi connectivity index (χ1v) is 11.7. The maximum absolute atomic E-state index is 13.4. The Morgan fingerprint density at radius 3 is 2.54 bits per heavy atom. The second-order valence-corrected chi connectivity index (χ2v) is 9.21. The third-order valence-electron chi connectivity index (χ3n) is 7.02. The Kier molecular flexibility index (Phi) is 5.69. The minimum atomic E-state index is -4.58. The van der Waals surface area contributed by atoms with E-state index in [4.69, 9.17) is 0 Å². The number of urea groups is 1. The highest BCUT2D eigenvalue weighted by atomic mass is 19.4. The zero-order valence-corrected chi connectivity index (χ0v) is 19.0. The van der Waals surface area contributed by atoms with Crippen LogP contribution in [0.1, 0.15) is 42.4 Å². The lowest BCUT2D eigenvalue weighted by Gasteiger charge is -2.31. The maximum atomic E-state index is 13.4. The van der Waals surface area contributed by atoms with Gasteiger partial charge < -0.3 is 15.5 Å². The maximum Gasteiger partial charge on any atom is 0.416 e. The number of anilines is 2. The lowest BCUT2D eigenvalue weighted by atomic mass is 9.92. The number of hydrogen-bond acceptors (Lipinski definition) is 4. The molecule has 2 aromatic rings. The van der Waals surface area contributed by atoms with Crippen LogP contribution in [0.5, 0.6) is 0 Å². The molecule has 0 unspecified atom stereocenters. The van der Waals surface area contributed by atoms with E-state index >= 15 is 0 Å². The number of halogens is 3. The second-order valence-electron chi connectivity index (χ2n) is 9.21. The number of rotatable bonds is 4. The van der Waals surface area contributed by atoms with Crippen molar-refractivity contribution in [3.05, 3.63) is 59.2 Å². The molecule has 0 radical (unpaired) electrons. The number of hydrogen-bond donors (Lipinski definition) is 2. The molecule has 2 heterocycles. The van der Waals surface area contributed by atoms with E-state index in [1.54, 1.807) is 12.1 Å². The number of nitrogens with one attached hydrogen (secondary N) is 2. The Balaban J connectivity index is 1.37. The zero-order chi connectivity index (χ0) is 24.8. The molecule has 2 aliphatic heterocycles. The summed E-state index contributed by atoms with van der Waals surface area (Å²) < 4.78 is 40.1. The van der Waals surface area contributed by atoms with Gasteiger partial charge in [0, 0.05) is 13.1 Å². The summed E-state index contributed by atoms with van der Waals surface area (Å²) in [5, 5.41) is 5.28. The molecule has 1 atom stereocenters. The third kappa shape index (κ3) is 4.11. The van der Waals surface area contributed by atoms with Crippen LogP contribution in [0.4, 0.5) is 29.3 Å². The quantitative estimate of drug-likeness (QED) is 0.640. The van der Waals surface area contributed by atoms with Crippen LogP contribution in [-0.2, 0) is 27.7 Å². The fourth-order valence-corrected chi connectivity index (χ4v) is 5.29. The van der Waals surface area contributed by atoms with Crippen molar-refractivity contribution in [2.24, 2.45) is 0 Å². The fraction of sp³-hybridized carbons (Fsp3) is 0.400. The Labute approximate surface area is 200 Å². The van der Waals surface area contributed by atoms with E-state index in [1.165, 1.54) is 6.07 Å². The van der Waals surface area contributed by atoms with Gasteiger partial charge >= 0.3 is 12.2 Å². The Bertz CT molecular complexity index is 1190. The lowest BCUT2D eigenvalue weighted by molar-refractivity contribution is -0.137. The predicted molar refractivity (Wildman–Crippen MR) is 123 cm³/mol. The number of nitrogens with zero attached hydrogens (tertiary/aromatic N) is 2. The number of carbonyl (C=O) groups is 3. The summed E-state index contributed by atoms with van der Waals surface area (Å²) in [6, 6.07) is 9.91. The molecule has 2 fully saturated rings. The average Bonchev–Trinajstić information content (AvgIpc) is 3.32. The molecule has 35 heavy (non-hydrogen) atoms. The van der Waals surface area contributed by atoms with Crippen LogP contribution >= 0.6 is 0 Å². The number of amides is 4. The summed E-state index contributed by atoms with van der Waals surface area (Å²) in [7, 11) is 0. The molecule has 1 aliphatic carbocycles. The van der Waals surface area contributed by atoms with E-state index in [-0.39, 0.29) is 5.69 Å². The number of alkyl halides is 3. The number of imide groups is 1. The Hall–Kier alpha value is -3.56. The Morgan fingerprint density at radius 1 is 1.06 bits per heavy atom. The molecule has 4 amide bonds. The first kappa shape index (κ1) is 23.2. The van der Waals surface area contributed by atoms with E-state index in [9.17, 15) is 27.6 Å². The largest absolute Gasteiger partial charge is 0.416 e. The molecule has 10 heteroatoms. The van der Waals surface area contributed by atoms with Gasteiger partial charge in [0.1, 0.15) is 12.1 Å². The second kappa shape index (κ2) is 8.58. The van der Waals surface area contributed by atoms with Gasteiger partial charge in [-0.25, -0.2) is 4.79 Å². The van der Waals surface area contributed by atoms with Crippen molar-refractivity contribution in [3.8, 4) is 0 Å². The monoisotopic (exact) mass is 486 g/mol. The third-order valence-corrected chi connectivity index (χ3v) is 7.02. The molecular weight excluding hydrogens is 461 g/mol. The van der Waals surface area contributed by atoms with Crippen LogP contribution in [-0.4, -0.2) is 42.4 Å². The topological polar surface area (TPSA) is 81.8 Å². The van der Waals surface area contributed by atoms with Gasteiger partial charge in [0.25, 0.3) is 5.91 Å². The molecule has 7 nitrogen and oxygen atoms in total. The highest BCUT2D eigenvalue weighted by Crippen LogP contribution is 2.41. The standard InChI is InChI=1S/C25H25F3N4O3/c26-25(27,28)17-8-9-20(31-12-4-1-5-13-31)19(14-17)29-21(33)15-32-22(34)24(30-23(32)35)11-10-16-6-2-3-7-18(16)24/h2-3,6-9,14H,1,4-5,10-13,15H2,(H,29,33)(H,30,35)/t24-/m0/s1. The summed E-state index contributed by atoms with van der Waals surface area (Å²) in [5.74, 6) is -1.27. The van der Waals surface area contributed by atoms with E-state index < -0.39 is 41.7 Å². The highest BCUT2D eigenvalue weighted by Gasteiger charge is 2.55. The molecule has 184 valence electrons. The number of fused-ring (bicyclic) bond motifs is 2. The molecule has 5 rings (SSSR count). The van der Waals surface area contributed by atoms with Gasteiger partial charge in [-0.15, -0.1) is 0 Å². The molecule has 0 bridgehead atoms. The van der Waals surface area contributed by atoms with Crippen molar-refractivity contribution >= 4 is 29.2 Å². The smallest absolute Gasteiger partial charge is 0.370 e. The minimum absolute atomic E-state index is 0.0136. The summed E-state index contributed by atoms with van der Waals surface area (Å²) in [6.45, 7) is 0.747. The summed E-state index contributed by atoms with van der Waals surface area (Å²) in [4.78, 5) is 41.7. The van der Waals surface area contributed by atoms with Crippen molar-refractivity contribution in [1.29, 1.82) is 0 Å². The molecule has 0 aromatic heterocycles.